The average molecular weight is 271 g/mol. The van der Waals surface area contributed by atoms with Gasteiger partial charge in [0.05, 0.1) is 5.25 Å². The van der Waals surface area contributed by atoms with Crippen molar-refractivity contribution in [1.82, 2.24) is 0 Å². The molecular weight excluding hydrogens is 258 g/mol. The van der Waals surface area contributed by atoms with Gasteiger partial charge in [0, 0.05) is 10.6 Å². The summed E-state index contributed by atoms with van der Waals surface area (Å²) in [4.78, 5) is 1.25. The Hall–Kier alpha value is -1.37. The van der Waals surface area contributed by atoms with Gasteiger partial charge in [-0.2, -0.15) is 5.26 Å². The van der Waals surface area contributed by atoms with Crippen LogP contribution >= 0.6 is 23.5 Å². The van der Waals surface area contributed by atoms with Gasteiger partial charge in [-0.1, -0.05) is 48.5 Å². The molecule has 0 aliphatic carbocycles. The van der Waals surface area contributed by atoms with Crippen LogP contribution in [0.25, 0.3) is 0 Å². The third-order valence-electron chi connectivity index (χ3n) is 2.51. The predicted molar refractivity (Wildman–Crippen MR) is 79.6 cm³/mol. The van der Waals surface area contributed by atoms with Crippen molar-refractivity contribution < 1.29 is 0 Å². The molecule has 90 valence electrons. The van der Waals surface area contributed by atoms with E-state index in [0.717, 1.165) is 5.75 Å². The highest BCUT2D eigenvalue weighted by molar-refractivity contribution is 8.05. The van der Waals surface area contributed by atoms with Crippen LogP contribution in [-0.2, 0) is 0 Å². The molecule has 0 fully saturated rings. The van der Waals surface area contributed by atoms with E-state index in [-0.39, 0.29) is 5.25 Å². The second-order valence-electron chi connectivity index (χ2n) is 3.73. The minimum Gasteiger partial charge on any atom is -0.185 e. The Kier molecular flexibility index (Phi) is 5.19. The van der Waals surface area contributed by atoms with Gasteiger partial charge < -0.3 is 0 Å². The number of benzene rings is 2. The minimum atomic E-state index is 0.224. The number of thiocyanates is 1. The number of nitrogens with zero attached hydrogens (tertiary/aromatic N) is 1. The zero-order chi connectivity index (χ0) is 12.6. The molecule has 0 N–H and O–H groups in total. The molecular formula is C15H13NS2. The summed E-state index contributed by atoms with van der Waals surface area (Å²) in [6, 6.07) is 20.5. The lowest BCUT2D eigenvalue weighted by Gasteiger charge is -2.12. The second-order valence-corrected chi connectivity index (χ2v) is 5.81. The van der Waals surface area contributed by atoms with Crippen LogP contribution in [0.3, 0.4) is 0 Å². The van der Waals surface area contributed by atoms with E-state index in [1.54, 1.807) is 11.8 Å². The van der Waals surface area contributed by atoms with Crippen LogP contribution in [0.5, 0.6) is 0 Å². The van der Waals surface area contributed by atoms with Gasteiger partial charge in [-0.25, -0.2) is 0 Å². The first-order valence-electron chi connectivity index (χ1n) is 5.67. The minimum absolute atomic E-state index is 0.224. The fourth-order valence-electron chi connectivity index (χ4n) is 1.62. The number of hydrogen-bond donors (Lipinski definition) is 0. The van der Waals surface area contributed by atoms with E-state index in [9.17, 15) is 0 Å². The molecule has 2 aromatic carbocycles. The molecule has 0 amide bonds. The molecule has 1 nitrogen and oxygen atoms in total. The van der Waals surface area contributed by atoms with Crippen LogP contribution < -0.4 is 0 Å². The quantitative estimate of drug-likeness (QED) is 0.580. The zero-order valence-electron chi connectivity index (χ0n) is 9.82. The van der Waals surface area contributed by atoms with E-state index in [4.69, 9.17) is 5.26 Å². The molecule has 0 saturated carbocycles. The monoisotopic (exact) mass is 271 g/mol. The van der Waals surface area contributed by atoms with Crippen LogP contribution in [0.1, 0.15) is 10.8 Å². The summed E-state index contributed by atoms with van der Waals surface area (Å²) >= 11 is 3.12. The van der Waals surface area contributed by atoms with Crippen molar-refractivity contribution in [2.24, 2.45) is 0 Å². The zero-order valence-corrected chi connectivity index (χ0v) is 11.5. The van der Waals surface area contributed by atoms with Crippen LogP contribution in [0.15, 0.2) is 65.6 Å². The van der Waals surface area contributed by atoms with Gasteiger partial charge in [-0.05, 0) is 29.5 Å². The van der Waals surface area contributed by atoms with Crippen molar-refractivity contribution in [1.29, 1.82) is 5.26 Å². The van der Waals surface area contributed by atoms with E-state index in [0.29, 0.717) is 0 Å². The number of nitriles is 1. The Balaban J connectivity index is 2.02. The summed E-state index contributed by atoms with van der Waals surface area (Å²) in [5, 5.41) is 11.3. The molecule has 2 aromatic rings. The topological polar surface area (TPSA) is 23.8 Å². The van der Waals surface area contributed by atoms with Crippen LogP contribution in [0.4, 0.5) is 0 Å². The molecule has 0 spiro atoms. The van der Waals surface area contributed by atoms with E-state index in [1.807, 2.05) is 36.4 Å². The largest absolute Gasteiger partial charge is 0.185 e. The third kappa shape index (κ3) is 3.83. The molecule has 3 heteroatoms. The predicted octanol–water partition coefficient (Wildman–Crippen LogP) is 4.73. The Morgan fingerprint density at radius 2 is 1.56 bits per heavy atom. The lowest BCUT2D eigenvalue weighted by Crippen LogP contribution is -1.96. The molecule has 0 aromatic heterocycles. The lowest BCUT2D eigenvalue weighted by molar-refractivity contribution is 1.12. The molecule has 0 heterocycles. The summed E-state index contributed by atoms with van der Waals surface area (Å²) in [6.45, 7) is 0. The highest BCUT2D eigenvalue weighted by Gasteiger charge is 2.12. The molecule has 0 aliphatic heterocycles. The Labute approximate surface area is 116 Å². The summed E-state index contributed by atoms with van der Waals surface area (Å²) in [6.07, 6.45) is 0. The standard InChI is InChI=1S/C15H13NS2/c16-12-18-15(13-7-3-1-4-8-13)11-17-14-9-5-2-6-10-14/h1-10,15H,11H2. The van der Waals surface area contributed by atoms with Crippen molar-refractivity contribution in [2.45, 2.75) is 10.1 Å². The number of hydrogen-bond acceptors (Lipinski definition) is 3. The van der Waals surface area contributed by atoms with Gasteiger partial charge in [0.1, 0.15) is 5.40 Å². The molecule has 0 radical (unpaired) electrons. The van der Waals surface area contributed by atoms with Gasteiger partial charge in [0.15, 0.2) is 0 Å². The first-order chi connectivity index (χ1) is 8.90. The van der Waals surface area contributed by atoms with Crippen LogP contribution in [0.2, 0.25) is 0 Å². The van der Waals surface area contributed by atoms with Gasteiger partial charge in [-0.3, -0.25) is 0 Å². The molecule has 0 aliphatic rings. The van der Waals surface area contributed by atoms with Gasteiger partial charge in [0.25, 0.3) is 0 Å². The third-order valence-corrected chi connectivity index (χ3v) is 4.66. The summed E-state index contributed by atoms with van der Waals surface area (Å²) in [5.41, 5.74) is 1.22. The van der Waals surface area contributed by atoms with E-state index < -0.39 is 0 Å². The SMILES string of the molecule is N#CSC(CSc1ccccc1)c1ccccc1. The van der Waals surface area contributed by atoms with Crippen molar-refractivity contribution in [3.63, 3.8) is 0 Å². The lowest BCUT2D eigenvalue weighted by atomic mass is 10.2. The number of rotatable bonds is 5. The highest BCUT2D eigenvalue weighted by atomic mass is 32.2. The highest BCUT2D eigenvalue weighted by Crippen LogP contribution is 2.33. The first kappa shape index (κ1) is 13.1. The maximum absolute atomic E-state index is 8.90. The molecule has 0 saturated heterocycles. The van der Waals surface area contributed by atoms with E-state index in [2.05, 4.69) is 29.7 Å². The normalized spacial score (nSPS) is 11.7. The molecule has 18 heavy (non-hydrogen) atoms. The second kappa shape index (κ2) is 7.15. The van der Waals surface area contributed by atoms with Crippen molar-refractivity contribution in [3.05, 3.63) is 66.2 Å². The maximum atomic E-state index is 8.90. The van der Waals surface area contributed by atoms with Gasteiger partial charge in [0.2, 0.25) is 0 Å². The summed E-state index contributed by atoms with van der Waals surface area (Å²) in [7, 11) is 0. The van der Waals surface area contributed by atoms with Crippen molar-refractivity contribution >= 4 is 23.5 Å². The van der Waals surface area contributed by atoms with Gasteiger partial charge in [-0.15, -0.1) is 11.8 Å². The van der Waals surface area contributed by atoms with Crippen LogP contribution in [-0.4, -0.2) is 5.75 Å². The fourth-order valence-corrected chi connectivity index (χ4v) is 3.40. The van der Waals surface area contributed by atoms with Crippen molar-refractivity contribution in [3.8, 4) is 5.40 Å². The Morgan fingerprint density at radius 3 is 2.17 bits per heavy atom. The fraction of sp³-hybridized carbons (Fsp3) is 0.133. The van der Waals surface area contributed by atoms with Crippen LogP contribution in [0, 0.1) is 10.7 Å². The van der Waals surface area contributed by atoms with E-state index in [1.165, 1.54) is 22.2 Å². The molecule has 2 rings (SSSR count). The molecule has 0 bridgehead atoms. The van der Waals surface area contributed by atoms with Gasteiger partial charge >= 0.3 is 0 Å². The Morgan fingerprint density at radius 1 is 0.944 bits per heavy atom. The number of thioether (sulfide) groups is 2. The van der Waals surface area contributed by atoms with E-state index >= 15 is 0 Å². The van der Waals surface area contributed by atoms with Crippen molar-refractivity contribution in [2.75, 3.05) is 5.75 Å². The molecule has 1 unspecified atom stereocenters. The maximum Gasteiger partial charge on any atom is 0.134 e. The summed E-state index contributed by atoms with van der Waals surface area (Å²) < 4.78 is 0. The Bertz CT molecular complexity index is 505. The molecule has 1 atom stereocenters. The summed E-state index contributed by atoms with van der Waals surface area (Å²) in [5.74, 6) is 0.909. The first-order valence-corrected chi connectivity index (χ1v) is 7.54. The smallest absolute Gasteiger partial charge is 0.134 e. The average Bonchev–Trinajstić information content (AvgIpc) is 2.45.